The topological polar surface area (TPSA) is 99.7 Å². The molecule has 6 N–H and O–H groups in total. The summed E-state index contributed by atoms with van der Waals surface area (Å²) >= 11 is 2.68. The zero-order valence-corrected chi connectivity index (χ0v) is 16.8. The van der Waals surface area contributed by atoms with E-state index in [9.17, 15) is 0 Å². The number of rotatable bonds is 4. The summed E-state index contributed by atoms with van der Waals surface area (Å²) in [5.74, 6) is 1.29. The third kappa shape index (κ3) is 3.41. The summed E-state index contributed by atoms with van der Waals surface area (Å²) in [5, 5.41) is 22.7. The first-order valence-corrected chi connectivity index (χ1v) is 10.8. The minimum absolute atomic E-state index is 0.120. The molecule has 4 aromatic rings. The van der Waals surface area contributed by atoms with Crippen LogP contribution in [0.15, 0.2) is 60.7 Å². The number of thioether (sulfide) groups is 2. The van der Waals surface area contributed by atoms with Crippen molar-refractivity contribution in [1.82, 2.24) is 0 Å². The highest BCUT2D eigenvalue weighted by Crippen LogP contribution is 2.40. The molecule has 0 aliphatic heterocycles. The van der Waals surface area contributed by atoms with Gasteiger partial charge >= 0.3 is 0 Å². The molecule has 0 saturated heterocycles. The Morgan fingerprint density at radius 3 is 1.32 bits per heavy atom. The lowest BCUT2D eigenvalue weighted by atomic mass is 9.90. The van der Waals surface area contributed by atoms with Crippen LogP contribution in [0.4, 0.5) is 0 Å². The standard InChI is InChI=1S/C22H20N4S2/c23-21(24)27-11-13-9-10-14(12-28-22(25)26)20-18-8-4-2-6-16(18)15-5-1-3-7-17(15)19(13)20/h1-10H,11-12H2,(H3,23,24)(H3,25,26). The molecule has 0 saturated carbocycles. The monoisotopic (exact) mass is 404 g/mol. The Morgan fingerprint density at radius 2 is 0.964 bits per heavy atom. The Balaban J connectivity index is 2.12. The van der Waals surface area contributed by atoms with E-state index in [2.05, 4.69) is 60.7 Å². The quantitative estimate of drug-likeness (QED) is 0.208. The number of nitrogens with two attached hydrogens (primary N) is 2. The fourth-order valence-corrected chi connectivity index (χ4v) is 4.83. The van der Waals surface area contributed by atoms with Gasteiger partial charge in [0.25, 0.3) is 0 Å². The Labute approximate surface area is 171 Å². The summed E-state index contributed by atoms with van der Waals surface area (Å²) in [6, 6.07) is 21.2. The lowest BCUT2D eigenvalue weighted by Gasteiger charge is -2.17. The number of amidine groups is 2. The average Bonchev–Trinajstić information content (AvgIpc) is 2.70. The molecule has 4 nitrogen and oxygen atoms in total. The maximum atomic E-state index is 7.60. The van der Waals surface area contributed by atoms with Crippen molar-refractivity contribution in [3.05, 3.63) is 71.8 Å². The molecule has 0 aliphatic carbocycles. The summed E-state index contributed by atoms with van der Waals surface area (Å²) in [5.41, 5.74) is 13.5. The molecule has 0 aliphatic rings. The van der Waals surface area contributed by atoms with Gasteiger partial charge in [-0.1, -0.05) is 84.2 Å². The Kier molecular flexibility index (Phi) is 5.15. The predicted molar refractivity (Wildman–Crippen MR) is 125 cm³/mol. The van der Waals surface area contributed by atoms with E-state index in [4.69, 9.17) is 22.3 Å². The van der Waals surface area contributed by atoms with Crippen molar-refractivity contribution in [1.29, 1.82) is 10.8 Å². The van der Waals surface area contributed by atoms with Crippen molar-refractivity contribution in [2.45, 2.75) is 11.5 Å². The van der Waals surface area contributed by atoms with E-state index in [1.807, 2.05) is 0 Å². The number of hydrogen-bond acceptors (Lipinski definition) is 4. The Morgan fingerprint density at radius 1 is 0.607 bits per heavy atom. The van der Waals surface area contributed by atoms with Gasteiger partial charge in [-0.3, -0.25) is 10.8 Å². The normalized spacial score (nSPS) is 11.3. The second kappa shape index (κ2) is 7.73. The second-order valence-electron chi connectivity index (χ2n) is 6.53. The molecule has 28 heavy (non-hydrogen) atoms. The van der Waals surface area contributed by atoms with Gasteiger partial charge < -0.3 is 11.5 Å². The van der Waals surface area contributed by atoms with Crippen molar-refractivity contribution < 1.29 is 0 Å². The molecule has 4 rings (SSSR count). The van der Waals surface area contributed by atoms with Crippen molar-refractivity contribution in [3.8, 4) is 0 Å². The second-order valence-corrected chi connectivity index (χ2v) is 8.57. The number of hydrogen-bond donors (Lipinski definition) is 4. The molecule has 0 radical (unpaired) electrons. The SMILES string of the molecule is N=C(N)SCc1ccc(CSC(=N)N)c2c3ccccc3c3ccccc3c12. The summed E-state index contributed by atoms with van der Waals surface area (Å²) in [7, 11) is 0. The molecular formula is C22H20N4S2. The summed E-state index contributed by atoms with van der Waals surface area (Å²) < 4.78 is 0. The number of benzene rings is 4. The highest BCUT2D eigenvalue weighted by molar-refractivity contribution is 8.13. The van der Waals surface area contributed by atoms with Crippen LogP contribution in [0.25, 0.3) is 32.3 Å². The fourth-order valence-electron chi connectivity index (χ4n) is 3.73. The molecule has 0 spiro atoms. The van der Waals surface area contributed by atoms with E-state index in [0.717, 1.165) is 11.1 Å². The number of fused-ring (bicyclic) bond motifs is 6. The first-order valence-electron chi connectivity index (χ1n) is 8.84. The predicted octanol–water partition coefficient (Wildman–Crippen LogP) is 5.40. The van der Waals surface area contributed by atoms with Crippen LogP contribution >= 0.6 is 23.5 Å². The molecule has 0 fully saturated rings. The minimum atomic E-state index is 0.120. The van der Waals surface area contributed by atoms with Crippen LogP contribution in [-0.4, -0.2) is 10.3 Å². The molecule has 0 heterocycles. The van der Waals surface area contributed by atoms with E-state index < -0.39 is 0 Å². The van der Waals surface area contributed by atoms with Gasteiger partial charge in [0.15, 0.2) is 10.3 Å². The van der Waals surface area contributed by atoms with E-state index in [1.165, 1.54) is 55.8 Å². The lowest BCUT2D eigenvalue weighted by Crippen LogP contribution is -2.05. The maximum absolute atomic E-state index is 7.60. The Bertz CT molecular complexity index is 1140. The van der Waals surface area contributed by atoms with Crippen LogP contribution in [0, 0.1) is 10.8 Å². The number of nitrogens with one attached hydrogen (secondary N) is 2. The van der Waals surface area contributed by atoms with Crippen molar-refractivity contribution in [2.24, 2.45) is 11.5 Å². The Hall–Kier alpha value is -2.70. The van der Waals surface area contributed by atoms with Crippen LogP contribution in [-0.2, 0) is 11.5 Å². The maximum Gasteiger partial charge on any atom is 0.151 e. The molecule has 0 unspecified atom stereocenters. The zero-order valence-electron chi connectivity index (χ0n) is 15.2. The van der Waals surface area contributed by atoms with Crippen LogP contribution in [0.3, 0.4) is 0 Å². The van der Waals surface area contributed by atoms with Crippen LogP contribution in [0.5, 0.6) is 0 Å². The minimum Gasteiger partial charge on any atom is -0.379 e. The van der Waals surface area contributed by atoms with E-state index in [0.29, 0.717) is 11.5 Å². The largest absolute Gasteiger partial charge is 0.379 e. The third-order valence-corrected chi connectivity index (χ3v) is 6.36. The van der Waals surface area contributed by atoms with Gasteiger partial charge in [-0.25, -0.2) is 0 Å². The van der Waals surface area contributed by atoms with Gasteiger partial charge in [-0.15, -0.1) is 0 Å². The molecule has 6 heteroatoms. The van der Waals surface area contributed by atoms with Crippen molar-refractivity contribution in [2.75, 3.05) is 0 Å². The van der Waals surface area contributed by atoms with Gasteiger partial charge in [0, 0.05) is 11.5 Å². The third-order valence-electron chi connectivity index (χ3n) is 4.83. The van der Waals surface area contributed by atoms with E-state index in [1.54, 1.807) is 0 Å². The summed E-state index contributed by atoms with van der Waals surface area (Å²) in [6.45, 7) is 0. The van der Waals surface area contributed by atoms with Gasteiger partial charge in [-0.05, 0) is 43.4 Å². The molecule has 0 bridgehead atoms. The fraction of sp³-hybridized carbons (Fsp3) is 0.0909. The van der Waals surface area contributed by atoms with Crippen LogP contribution < -0.4 is 11.5 Å². The highest BCUT2D eigenvalue weighted by Gasteiger charge is 2.15. The molecule has 140 valence electrons. The van der Waals surface area contributed by atoms with E-state index >= 15 is 0 Å². The van der Waals surface area contributed by atoms with Crippen LogP contribution in [0.1, 0.15) is 11.1 Å². The molecular weight excluding hydrogens is 384 g/mol. The lowest BCUT2D eigenvalue weighted by molar-refractivity contribution is 1.41. The van der Waals surface area contributed by atoms with E-state index in [-0.39, 0.29) is 10.3 Å². The van der Waals surface area contributed by atoms with Gasteiger partial charge in [0.05, 0.1) is 0 Å². The van der Waals surface area contributed by atoms with Crippen molar-refractivity contribution >= 4 is 66.2 Å². The molecule has 0 aromatic heterocycles. The highest BCUT2D eigenvalue weighted by atomic mass is 32.2. The average molecular weight is 405 g/mol. The molecule has 4 aromatic carbocycles. The summed E-state index contributed by atoms with van der Waals surface area (Å²) in [4.78, 5) is 0. The first-order chi connectivity index (χ1) is 13.6. The molecule has 0 amide bonds. The van der Waals surface area contributed by atoms with Crippen LogP contribution in [0.2, 0.25) is 0 Å². The van der Waals surface area contributed by atoms with Gasteiger partial charge in [0.2, 0.25) is 0 Å². The first kappa shape index (κ1) is 18.7. The summed E-state index contributed by atoms with van der Waals surface area (Å²) in [6.07, 6.45) is 0. The smallest absolute Gasteiger partial charge is 0.151 e. The van der Waals surface area contributed by atoms with Gasteiger partial charge in [-0.2, -0.15) is 0 Å². The van der Waals surface area contributed by atoms with Gasteiger partial charge in [0.1, 0.15) is 0 Å². The zero-order chi connectivity index (χ0) is 19.7. The molecule has 0 atom stereocenters. The van der Waals surface area contributed by atoms with Crippen molar-refractivity contribution in [3.63, 3.8) is 0 Å².